The van der Waals surface area contributed by atoms with Crippen molar-refractivity contribution in [1.29, 1.82) is 0 Å². The van der Waals surface area contributed by atoms with Crippen molar-refractivity contribution in [2.75, 3.05) is 25.4 Å². The highest BCUT2D eigenvalue weighted by Crippen LogP contribution is 2.25. The third kappa shape index (κ3) is 6.95. The van der Waals surface area contributed by atoms with E-state index >= 15 is 0 Å². The summed E-state index contributed by atoms with van der Waals surface area (Å²) in [5.74, 6) is 0.764. The topological polar surface area (TPSA) is 58.6 Å². The number of halogens is 2. The lowest BCUT2D eigenvalue weighted by atomic mass is 9.96. The lowest BCUT2D eigenvalue weighted by Crippen LogP contribution is -2.45. The van der Waals surface area contributed by atoms with Crippen LogP contribution < -0.4 is 10.1 Å². The molecule has 0 spiro atoms. The maximum absolute atomic E-state index is 12.9. The number of para-hydroxylation sites is 1. The predicted octanol–water partition coefficient (Wildman–Crippen LogP) is 4.50. The molecule has 0 aliphatic carbocycles. The maximum atomic E-state index is 12.9. The molecule has 1 aliphatic heterocycles. The average molecular weight is 463 g/mol. The minimum absolute atomic E-state index is 0.0736. The summed E-state index contributed by atoms with van der Waals surface area (Å²) >= 11 is 1.76. The fraction of sp³-hybridized carbons (Fsp3) is 0.417. The number of hydrogen-bond donors (Lipinski definition) is 1. The highest BCUT2D eigenvalue weighted by molar-refractivity contribution is 7.98. The summed E-state index contributed by atoms with van der Waals surface area (Å²) in [6, 6.07) is 14.4. The number of rotatable bonds is 9. The van der Waals surface area contributed by atoms with Gasteiger partial charge >= 0.3 is 6.61 Å². The van der Waals surface area contributed by atoms with Crippen LogP contribution in [0.4, 0.5) is 8.78 Å². The van der Waals surface area contributed by atoms with Crippen LogP contribution in [-0.2, 0) is 10.5 Å². The van der Waals surface area contributed by atoms with Crippen molar-refractivity contribution in [2.45, 2.75) is 32.1 Å². The Labute approximate surface area is 191 Å². The van der Waals surface area contributed by atoms with Gasteiger partial charge in [0, 0.05) is 31.1 Å². The summed E-state index contributed by atoms with van der Waals surface area (Å²) in [5, 5.41) is 2.96. The van der Waals surface area contributed by atoms with Crippen LogP contribution in [-0.4, -0.2) is 48.7 Å². The first-order chi connectivity index (χ1) is 15.4. The van der Waals surface area contributed by atoms with Crippen LogP contribution >= 0.6 is 11.8 Å². The van der Waals surface area contributed by atoms with E-state index in [1.165, 1.54) is 29.3 Å². The number of carbonyl (C=O) groups excluding carboxylic acids is 2. The highest BCUT2D eigenvalue weighted by atomic mass is 32.2. The molecule has 1 heterocycles. The number of ether oxygens (including phenoxy) is 1. The van der Waals surface area contributed by atoms with Gasteiger partial charge in [-0.2, -0.15) is 20.5 Å². The lowest BCUT2D eigenvalue weighted by molar-refractivity contribution is -0.126. The second-order valence-electron chi connectivity index (χ2n) is 7.79. The fourth-order valence-electron chi connectivity index (χ4n) is 3.65. The van der Waals surface area contributed by atoms with Gasteiger partial charge < -0.3 is 15.0 Å². The molecule has 1 fully saturated rings. The first-order valence-electron chi connectivity index (χ1n) is 10.7. The molecule has 0 saturated carbocycles. The third-order valence-electron chi connectivity index (χ3n) is 5.35. The number of thioether (sulfide) groups is 1. The number of nitrogens with one attached hydrogen (secondary N) is 1. The Bertz CT molecular complexity index is 908. The number of piperidine rings is 1. The summed E-state index contributed by atoms with van der Waals surface area (Å²) in [6.45, 7) is 0.364. The van der Waals surface area contributed by atoms with Crippen molar-refractivity contribution in [1.82, 2.24) is 10.2 Å². The Morgan fingerprint density at radius 2 is 1.94 bits per heavy atom. The Morgan fingerprint density at radius 1 is 1.19 bits per heavy atom. The van der Waals surface area contributed by atoms with E-state index in [1.807, 2.05) is 0 Å². The van der Waals surface area contributed by atoms with Gasteiger partial charge in [-0.3, -0.25) is 9.59 Å². The number of nitrogens with zero attached hydrogens (tertiary/aromatic N) is 1. The third-order valence-corrected chi connectivity index (χ3v) is 6.38. The largest absolute Gasteiger partial charge is 0.434 e. The van der Waals surface area contributed by atoms with Crippen LogP contribution in [0.2, 0.25) is 0 Å². The Kier molecular flexibility index (Phi) is 8.90. The molecule has 0 radical (unpaired) electrons. The van der Waals surface area contributed by atoms with E-state index in [4.69, 9.17) is 0 Å². The van der Waals surface area contributed by atoms with Crippen molar-refractivity contribution >= 4 is 23.6 Å². The lowest BCUT2D eigenvalue weighted by Gasteiger charge is -2.32. The molecule has 0 bridgehead atoms. The number of aryl methyl sites for hydroxylation is 1. The van der Waals surface area contributed by atoms with E-state index in [-0.39, 0.29) is 29.7 Å². The smallest absolute Gasteiger partial charge is 0.387 e. The molecule has 2 amide bonds. The molecule has 1 N–H and O–H groups in total. The Balaban J connectivity index is 1.46. The number of benzene rings is 2. The van der Waals surface area contributed by atoms with Crippen molar-refractivity contribution < 1.29 is 23.1 Å². The number of alkyl halides is 2. The molecular formula is C24H28F2N2O3S. The molecule has 0 aromatic heterocycles. The first-order valence-corrected chi connectivity index (χ1v) is 11.8. The van der Waals surface area contributed by atoms with Crippen LogP contribution in [0.3, 0.4) is 0 Å². The predicted molar refractivity (Wildman–Crippen MR) is 122 cm³/mol. The van der Waals surface area contributed by atoms with E-state index in [1.54, 1.807) is 22.7 Å². The summed E-state index contributed by atoms with van der Waals surface area (Å²) in [5.41, 5.74) is 2.57. The van der Waals surface area contributed by atoms with Crippen LogP contribution in [0.15, 0.2) is 48.5 Å². The zero-order valence-corrected chi connectivity index (χ0v) is 18.9. The van der Waals surface area contributed by atoms with Gasteiger partial charge in [-0.25, -0.2) is 0 Å². The molecule has 1 saturated heterocycles. The zero-order valence-electron chi connectivity index (χ0n) is 18.1. The van der Waals surface area contributed by atoms with E-state index in [0.717, 1.165) is 11.5 Å². The summed E-state index contributed by atoms with van der Waals surface area (Å²) in [6.07, 6.45) is 1.38. The van der Waals surface area contributed by atoms with Crippen molar-refractivity contribution in [3.63, 3.8) is 0 Å². The molecule has 1 unspecified atom stereocenters. The van der Waals surface area contributed by atoms with Crippen molar-refractivity contribution in [3.05, 3.63) is 65.2 Å². The average Bonchev–Trinajstić information content (AvgIpc) is 2.79. The van der Waals surface area contributed by atoms with Gasteiger partial charge in [-0.1, -0.05) is 42.0 Å². The van der Waals surface area contributed by atoms with Gasteiger partial charge in [0.05, 0.1) is 11.5 Å². The number of likely N-dealkylation sites (tertiary alicyclic amines) is 1. The Morgan fingerprint density at radius 3 is 2.69 bits per heavy atom. The van der Waals surface area contributed by atoms with E-state index in [9.17, 15) is 18.4 Å². The van der Waals surface area contributed by atoms with Gasteiger partial charge in [-0.05, 0) is 37.5 Å². The SMILES string of the molecule is Cc1ccc(CSCCNC(=O)C2CCCN(C(=O)c3ccccc3OC(F)F)C2)cc1. The van der Waals surface area contributed by atoms with Crippen LogP contribution in [0.25, 0.3) is 0 Å². The highest BCUT2D eigenvalue weighted by Gasteiger charge is 2.30. The van der Waals surface area contributed by atoms with Crippen molar-refractivity contribution in [2.24, 2.45) is 5.92 Å². The molecule has 1 atom stereocenters. The maximum Gasteiger partial charge on any atom is 0.387 e. The molecule has 1 aliphatic rings. The monoisotopic (exact) mass is 462 g/mol. The van der Waals surface area contributed by atoms with E-state index in [2.05, 4.69) is 41.2 Å². The molecule has 3 rings (SSSR count). The minimum Gasteiger partial charge on any atom is -0.434 e. The molecule has 5 nitrogen and oxygen atoms in total. The van der Waals surface area contributed by atoms with Gasteiger partial charge in [0.25, 0.3) is 5.91 Å². The summed E-state index contributed by atoms with van der Waals surface area (Å²) < 4.78 is 29.8. The normalized spacial score (nSPS) is 16.1. The fourth-order valence-corrected chi connectivity index (χ4v) is 4.47. The number of carbonyl (C=O) groups is 2. The summed E-state index contributed by atoms with van der Waals surface area (Å²) in [7, 11) is 0. The van der Waals surface area contributed by atoms with Gasteiger partial charge in [0.2, 0.25) is 5.91 Å². The molecule has 2 aromatic carbocycles. The minimum atomic E-state index is -3.01. The van der Waals surface area contributed by atoms with E-state index < -0.39 is 12.5 Å². The molecule has 8 heteroatoms. The standard InChI is InChI=1S/C24H28F2N2O3S/c1-17-8-10-18(11-9-17)16-32-14-12-27-22(29)19-5-4-13-28(15-19)23(30)20-6-2-3-7-21(20)31-24(25)26/h2-3,6-11,19,24H,4-5,12-16H2,1H3,(H,27,29). The van der Waals surface area contributed by atoms with Crippen LogP contribution in [0.1, 0.15) is 34.3 Å². The molecule has 32 heavy (non-hydrogen) atoms. The number of hydrogen-bond acceptors (Lipinski definition) is 4. The second-order valence-corrected chi connectivity index (χ2v) is 8.90. The van der Waals surface area contributed by atoms with Gasteiger partial charge in [0.15, 0.2) is 0 Å². The second kappa shape index (κ2) is 11.9. The number of amides is 2. The van der Waals surface area contributed by atoms with Crippen molar-refractivity contribution in [3.8, 4) is 5.75 Å². The van der Waals surface area contributed by atoms with Gasteiger partial charge in [-0.15, -0.1) is 0 Å². The van der Waals surface area contributed by atoms with E-state index in [0.29, 0.717) is 25.9 Å². The first kappa shape index (κ1) is 24.0. The summed E-state index contributed by atoms with van der Waals surface area (Å²) in [4.78, 5) is 27.0. The quantitative estimate of drug-likeness (QED) is 0.558. The van der Waals surface area contributed by atoms with Crippen LogP contribution in [0.5, 0.6) is 5.75 Å². The molecule has 2 aromatic rings. The Hall–Kier alpha value is -2.61. The molecular weight excluding hydrogens is 434 g/mol. The zero-order chi connectivity index (χ0) is 22.9. The van der Waals surface area contributed by atoms with Crippen LogP contribution in [0, 0.1) is 12.8 Å². The molecule has 172 valence electrons. The van der Waals surface area contributed by atoms with Gasteiger partial charge in [0.1, 0.15) is 5.75 Å².